The first kappa shape index (κ1) is 28.1. The second-order valence-corrected chi connectivity index (χ2v) is 9.71. The summed E-state index contributed by atoms with van der Waals surface area (Å²) in [5.74, 6) is 2.27. The third kappa shape index (κ3) is 5.19. The zero-order valence-corrected chi connectivity index (χ0v) is 24.0. The number of benzene rings is 5. The number of rotatable bonds is 10. The van der Waals surface area contributed by atoms with E-state index in [-0.39, 0.29) is 5.82 Å². The lowest BCUT2D eigenvalue weighted by molar-refractivity contribution is 0.352. The van der Waals surface area contributed by atoms with Crippen molar-refractivity contribution in [2.75, 3.05) is 14.2 Å². The van der Waals surface area contributed by atoms with Crippen LogP contribution in [0.4, 0.5) is 5.69 Å². The molecule has 9 heteroatoms. The smallest absolute Gasteiger partial charge is 0.240 e. The number of carbonyl (C=O) groups excluding carboxylic acids is 1. The highest BCUT2D eigenvalue weighted by molar-refractivity contribution is 5.70. The Hall–Kier alpha value is -6.05. The van der Waals surface area contributed by atoms with Crippen LogP contribution in [-0.4, -0.2) is 40.5 Å². The van der Waals surface area contributed by atoms with Gasteiger partial charge in [0, 0.05) is 6.07 Å². The van der Waals surface area contributed by atoms with Gasteiger partial charge in [0.1, 0.15) is 11.5 Å². The minimum Gasteiger partial charge on any atom is -0.493 e. The fourth-order valence-electron chi connectivity index (χ4n) is 5.26. The van der Waals surface area contributed by atoms with Crippen LogP contribution in [0.2, 0.25) is 0 Å². The van der Waals surface area contributed by atoms with Gasteiger partial charge in [-0.3, -0.25) is 0 Å². The van der Waals surface area contributed by atoms with Crippen LogP contribution < -0.4 is 14.2 Å². The summed E-state index contributed by atoms with van der Waals surface area (Å²) in [5, 5.41) is 14.1. The molecule has 0 unspecified atom stereocenters. The zero-order valence-electron chi connectivity index (χ0n) is 24.0. The molecule has 6 aromatic rings. The van der Waals surface area contributed by atoms with Crippen molar-refractivity contribution in [2.24, 2.45) is 4.99 Å². The van der Waals surface area contributed by atoms with E-state index in [4.69, 9.17) is 19.3 Å². The van der Waals surface area contributed by atoms with Gasteiger partial charge >= 0.3 is 0 Å². The first-order valence-electron chi connectivity index (χ1n) is 13.8. The quantitative estimate of drug-likeness (QED) is 0.0980. The molecule has 0 amide bonds. The van der Waals surface area contributed by atoms with Crippen LogP contribution in [0.25, 0.3) is 11.4 Å². The van der Waals surface area contributed by atoms with E-state index < -0.39 is 5.54 Å². The molecular weight excluding hydrogens is 554 g/mol. The number of ether oxygens (including phenoxy) is 3. The maximum absolute atomic E-state index is 11.1. The molecule has 1 heterocycles. The van der Waals surface area contributed by atoms with Crippen LogP contribution in [0.5, 0.6) is 23.0 Å². The number of isocyanates is 1. The predicted octanol–water partition coefficient (Wildman–Crippen LogP) is 6.96. The lowest BCUT2D eigenvalue weighted by Gasteiger charge is -2.34. The van der Waals surface area contributed by atoms with E-state index in [0.29, 0.717) is 34.2 Å². The van der Waals surface area contributed by atoms with Crippen LogP contribution in [0.3, 0.4) is 0 Å². The Morgan fingerprint density at radius 3 is 1.80 bits per heavy atom. The SMILES string of the molecule is COc1ccc(Oc2ccc(N=C=O)cc2-c2nnn(C(c3ccccc3)(c3ccccc3)c3ccccc3)n2)cc1OC. The van der Waals surface area contributed by atoms with E-state index >= 15 is 0 Å². The van der Waals surface area contributed by atoms with Gasteiger partial charge in [0.15, 0.2) is 17.0 Å². The van der Waals surface area contributed by atoms with Gasteiger partial charge in [0.05, 0.1) is 25.5 Å². The molecule has 0 fully saturated rings. The van der Waals surface area contributed by atoms with Crippen LogP contribution in [0.1, 0.15) is 16.7 Å². The normalized spacial score (nSPS) is 11.0. The minimum absolute atomic E-state index is 0.274. The van der Waals surface area contributed by atoms with E-state index in [9.17, 15) is 4.79 Å². The molecule has 0 saturated carbocycles. The first-order chi connectivity index (χ1) is 21.7. The number of hydrogen-bond donors (Lipinski definition) is 0. The summed E-state index contributed by atoms with van der Waals surface area (Å²) in [6.45, 7) is 0. The van der Waals surface area contributed by atoms with E-state index in [2.05, 4.69) is 15.3 Å². The summed E-state index contributed by atoms with van der Waals surface area (Å²) < 4.78 is 17.1. The zero-order chi connectivity index (χ0) is 30.4. The van der Waals surface area contributed by atoms with Crippen molar-refractivity contribution in [3.8, 4) is 34.4 Å². The average Bonchev–Trinajstić information content (AvgIpc) is 3.58. The summed E-state index contributed by atoms with van der Waals surface area (Å²) >= 11 is 0. The fourth-order valence-corrected chi connectivity index (χ4v) is 5.26. The lowest BCUT2D eigenvalue weighted by Crippen LogP contribution is -2.39. The van der Waals surface area contributed by atoms with Crippen molar-refractivity contribution >= 4 is 11.8 Å². The molecule has 0 N–H and O–H groups in total. The largest absolute Gasteiger partial charge is 0.493 e. The summed E-state index contributed by atoms with van der Waals surface area (Å²) in [4.78, 5) is 16.6. The Morgan fingerprint density at radius 2 is 1.25 bits per heavy atom. The summed E-state index contributed by atoms with van der Waals surface area (Å²) in [6, 6.07) is 40.4. The highest BCUT2D eigenvalue weighted by atomic mass is 16.5. The van der Waals surface area contributed by atoms with Gasteiger partial charge in [0.25, 0.3) is 0 Å². The van der Waals surface area contributed by atoms with Crippen LogP contribution in [0, 0.1) is 0 Å². The molecule has 0 aliphatic heterocycles. The maximum atomic E-state index is 11.1. The fraction of sp³-hybridized carbons (Fsp3) is 0.0857. The molecule has 0 spiro atoms. The summed E-state index contributed by atoms with van der Waals surface area (Å²) in [7, 11) is 3.12. The number of methoxy groups -OCH3 is 2. The minimum atomic E-state index is -0.960. The van der Waals surface area contributed by atoms with E-state index in [1.165, 1.54) is 0 Å². The van der Waals surface area contributed by atoms with E-state index in [0.717, 1.165) is 16.7 Å². The molecule has 44 heavy (non-hydrogen) atoms. The topological polar surface area (TPSA) is 101 Å². The van der Waals surface area contributed by atoms with Crippen molar-refractivity contribution in [3.05, 3.63) is 144 Å². The molecule has 5 aromatic carbocycles. The number of nitrogens with zero attached hydrogens (tertiary/aromatic N) is 5. The molecule has 0 saturated heterocycles. The molecule has 0 bridgehead atoms. The molecule has 0 aliphatic rings. The van der Waals surface area contributed by atoms with E-state index in [1.54, 1.807) is 61.5 Å². The molecule has 6 rings (SSSR count). The van der Waals surface area contributed by atoms with Crippen molar-refractivity contribution in [3.63, 3.8) is 0 Å². The van der Waals surface area contributed by atoms with Crippen LogP contribution in [0.15, 0.2) is 132 Å². The molecule has 0 radical (unpaired) electrons. The van der Waals surface area contributed by atoms with Gasteiger partial charge in [-0.15, -0.1) is 15.0 Å². The number of aromatic nitrogens is 4. The average molecular weight is 582 g/mol. The Morgan fingerprint density at radius 1 is 0.682 bits per heavy atom. The van der Waals surface area contributed by atoms with Gasteiger partial charge in [0.2, 0.25) is 11.9 Å². The Kier molecular flexibility index (Phi) is 7.94. The number of tetrazole rings is 1. The monoisotopic (exact) mass is 581 g/mol. The molecule has 216 valence electrons. The van der Waals surface area contributed by atoms with Crippen molar-refractivity contribution in [1.29, 1.82) is 0 Å². The Balaban J connectivity index is 1.54. The van der Waals surface area contributed by atoms with Gasteiger partial charge < -0.3 is 14.2 Å². The summed E-state index contributed by atoms with van der Waals surface area (Å²) in [6.07, 6.45) is 1.60. The van der Waals surface area contributed by atoms with Gasteiger partial charge in [-0.25, -0.2) is 4.79 Å². The van der Waals surface area contributed by atoms with Crippen LogP contribution >= 0.6 is 0 Å². The number of aliphatic imine (C=N–C) groups is 1. The Bertz CT molecular complexity index is 1830. The molecule has 1 aromatic heterocycles. The Labute approximate surface area is 254 Å². The van der Waals surface area contributed by atoms with Crippen molar-refractivity contribution in [1.82, 2.24) is 20.2 Å². The van der Waals surface area contributed by atoms with Gasteiger partial charge in [-0.2, -0.15) is 4.99 Å². The van der Waals surface area contributed by atoms with Crippen molar-refractivity contribution < 1.29 is 19.0 Å². The van der Waals surface area contributed by atoms with Crippen molar-refractivity contribution in [2.45, 2.75) is 5.54 Å². The highest BCUT2D eigenvalue weighted by Crippen LogP contribution is 2.41. The molecule has 0 aliphatic carbocycles. The van der Waals surface area contributed by atoms with Gasteiger partial charge in [-0.05, 0) is 52.2 Å². The number of hydrogen-bond acceptors (Lipinski definition) is 8. The lowest BCUT2D eigenvalue weighted by atomic mass is 9.77. The van der Waals surface area contributed by atoms with E-state index in [1.807, 2.05) is 91.0 Å². The molecular formula is C35H27N5O4. The second-order valence-electron chi connectivity index (χ2n) is 9.71. The third-order valence-corrected chi connectivity index (χ3v) is 7.25. The molecule has 0 atom stereocenters. The molecule has 9 nitrogen and oxygen atoms in total. The first-order valence-corrected chi connectivity index (χ1v) is 13.8. The third-order valence-electron chi connectivity index (χ3n) is 7.25. The second kappa shape index (κ2) is 12.4. The van der Waals surface area contributed by atoms with Gasteiger partial charge in [-0.1, -0.05) is 91.0 Å². The maximum Gasteiger partial charge on any atom is 0.240 e. The predicted molar refractivity (Wildman–Crippen MR) is 165 cm³/mol. The highest BCUT2D eigenvalue weighted by Gasteiger charge is 2.41. The van der Waals surface area contributed by atoms with Crippen LogP contribution in [-0.2, 0) is 10.3 Å². The standard InChI is InChI=1S/C35H27N5O4/c1-42-32-21-19-29(23-33(32)43-2)44-31-20-18-28(36-24-41)22-30(31)34-37-39-40(38-34)35(25-12-6-3-7-13-25,26-14-8-4-9-15-26)27-16-10-5-11-17-27/h3-23H,1-2H3. The summed E-state index contributed by atoms with van der Waals surface area (Å²) in [5.41, 5.74) is 2.72.